The topological polar surface area (TPSA) is 29.1 Å². The van der Waals surface area contributed by atoms with Crippen LogP contribution in [0, 0.1) is 0 Å². The largest absolute Gasteiger partial charge is 0.317 e. The highest BCUT2D eigenvalue weighted by Crippen LogP contribution is 2.13. The Morgan fingerprint density at radius 1 is 1.50 bits per heavy atom. The monoisotopic (exact) mass is 141 g/mol. The van der Waals surface area contributed by atoms with Crippen molar-refractivity contribution in [2.45, 2.75) is 38.1 Å². The number of carbonyl (C=O) groups is 1. The molecule has 0 aromatic carbocycles. The molecule has 0 aromatic heterocycles. The van der Waals surface area contributed by atoms with Gasteiger partial charge in [-0.05, 0) is 19.9 Å². The van der Waals surface area contributed by atoms with Crippen molar-refractivity contribution in [1.29, 1.82) is 0 Å². The minimum Gasteiger partial charge on any atom is -0.317 e. The molecule has 0 heterocycles. The van der Waals surface area contributed by atoms with Crippen molar-refractivity contribution in [3.05, 3.63) is 0 Å². The van der Waals surface area contributed by atoms with E-state index in [9.17, 15) is 4.79 Å². The average Bonchev–Trinajstić information content (AvgIpc) is 2.13. The van der Waals surface area contributed by atoms with Crippen LogP contribution in [0.15, 0.2) is 0 Å². The van der Waals surface area contributed by atoms with Gasteiger partial charge in [0.2, 0.25) is 0 Å². The molecule has 0 aliphatic heterocycles. The molecule has 1 aliphatic rings. The summed E-state index contributed by atoms with van der Waals surface area (Å²) in [6, 6.07) is 0.454. The van der Waals surface area contributed by atoms with Gasteiger partial charge in [0.05, 0.1) is 0 Å². The van der Waals surface area contributed by atoms with Gasteiger partial charge in [0.15, 0.2) is 0 Å². The van der Waals surface area contributed by atoms with Crippen LogP contribution in [0.3, 0.4) is 0 Å². The second-order valence-electron chi connectivity index (χ2n) is 2.97. The zero-order valence-corrected chi connectivity index (χ0v) is 6.52. The van der Waals surface area contributed by atoms with Crippen LogP contribution < -0.4 is 5.32 Å². The number of carbonyl (C=O) groups excluding carboxylic acids is 1. The summed E-state index contributed by atoms with van der Waals surface area (Å²) in [6.45, 7) is 0. The second-order valence-corrected chi connectivity index (χ2v) is 2.97. The number of hydrogen-bond donors (Lipinski definition) is 1. The predicted molar refractivity (Wildman–Crippen MR) is 40.9 cm³/mol. The number of Topliss-reactive ketones (excluding diaryl/α,β-unsaturated/α-hetero) is 1. The molecule has 2 heteroatoms. The summed E-state index contributed by atoms with van der Waals surface area (Å²) in [6.07, 6.45) is 5.02. The molecule has 1 rings (SSSR count). The summed E-state index contributed by atoms with van der Waals surface area (Å²) in [4.78, 5) is 11.0. The molecule has 0 amide bonds. The Bertz CT molecular complexity index is 122. The Balaban J connectivity index is 2.38. The van der Waals surface area contributed by atoms with E-state index in [2.05, 4.69) is 5.32 Å². The molecule has 1 atom stereocenters. The van der Waals surface area contributed by atoms with Gasteiger partial charge in [-0.1, -0.05) is 6.42 Å². The van der Waals surface area contributed by atoms with E-state index in [0.717, 1.165) is 19.3 Å². The van der Waals surface area contributed by atoms with E-state index in [1.165, 1.54) is 12.8 Å². The highest BCUT2D eigenvalue weighted by molar-refractivity contribution is 5.79. The van der Waals surface area contributed by atoms with Gasteiger partial charge < -0.3 is 5.32 Å². The van der Waals surface area contributed by atoms with E-state index in [1.54, 1.807) is 0 Å². The van der Waals surface area contributed by atoms with E-state index in [0.29, 0.717) is 11.8 Å². The smallest absolute Gasteiger partial charge is 0.134 e. The standard InChI is InChI=1S/C8H15NO/c1-9-7-4-2-3-5-8(10)6-7/h7,9H,2-6H2,1H3. The third-order valence-corrected chi connectivity index (χ3v) is 2.14. The first-order valence-corrected chi connectivity index (χ1v) is 4.02. The van der Waals surface area contributed by atoms with Gasteiger partial charge in [-0.15, -0.1) is 0 Å². The molecule has 10 heavy (non-hydrogen) atoms. The van der Waals surface area contributed by atoms with Crippen molar-refractivity contribution >= 4 is 5.78 Å². The third kappa shape index (κ3) is 2.10. The molecule has 1 aliphatic carbocycles. The Labute approximate surface area is 62.0 Å². The van der Waals surface area contributed by atoms with Crippen molar-refractivity contribution in [3.63, 3.8) is 0 Å². The molecule has 0 radical (unpaired) electrons. The fourth-order valence-electron chi connectivity index (χ4n) is 1.44. The van der Waals surface area contributed by atoms with Crippen LogP contribution in [0.25, 0.3) is 0 Å². The summed E-state index contributed by atoms with van der Waals surface area (Å²) < 4.78 is 0. The van der Waals surface area contributed by atoms with Crippen molar-refractivity contribution in [2.24, 2.45) is 0 Å². The van der Waals surface area contributed by atoms with Crippen LogP contribution in [-0.2, 0) is 4.79 Å². The lowest BCUT2D eigenvalue weighted by Gasteiger charge is -2.10. The Morgan fingerprint density at radius 3 is 3.00 bits per heavy atom. The maximum absolute atomic E-state index is 11.0. The van der Waals surface area contributed by atoms with Gasteiger partial charge in [0.1, 0.15) is 5.78 Å². The number of nitrogens with one attached hydrogen (secondary N) is 1. The number of rotatable bonds is 1. The molecule has 58 valence electrons. The second kappa shape index (κ2) is 3.71. The molecule has 1 N–H and O–H groups in total. The molecule has 0 saturated heterocycles. The van der Waals surface area contributed by atoms with E-state index >= 15 is 0 Å². The normalized spacial score (nSPS) is 28.1. The van der Waals surface area contributed by atoms with Gasteiger partial charge in [-0.2, -0.15) is 0 Å². The zero-order chi connectivity index (χ0) is 7.40. The van der Waals surface area contributed by atoms with E-state index < -0.39 is 0 Å². The van der Waals surface area contributed by atoms with E-state index in [-0.39, 0.29) is 0 Å². The molecule has 0 spiro atoms. The molecule has 1 saturated carbocycles. The predicted octanol–water partition coefficient (Wildman–Crippen LogP) is 1.11. The lowest BCUT2D eigenvalue weighted by atomic mass is 10.1. The van der Waals surface area contributed by atoms with E-state index in [1.807, 2.05) is 7.05 Å². The van der Waals surface area contributed by atoms with Gasteiger partial charge >= 0.3 is 0 Å². The summed E-state index contributed by atoms with van der Waals surface area (Å²) in [5.74, 6) is 0.428. The number of ketones is 1. The SMILES string of the molecule is CNC1CCCCC(=O)C1. The van der Waals surface area contributed by atoms with Gasteiger partial charge in [-0.3, -0.25) is 4.79 Å². The Morgan fingerprint density at radius 2 is 2.30 bits per heavy atom. The van der Waals surface area contributed by atoms with Crippen LogP contribution in [-0.4, -0.2) is 18.9 Å². The fraction of sp³-hybridized carbons (Fsp3) is 0.875. The summed E-state index contributed by atoms with van der Waals surface area (Å²) in [7, 11) is 1.93. The van der Waals surface area contributed by atoms with Crippen LogP contribution in [0.2, 0.25) is 0 Å². The first-order valence-electron chi connectivity index (χ1n) is 4.02. The van der Waals surface area contributed by atoms with Crippen molar-refractivity contribution in [1.82, 2.24) is 5.32 Å². The van der Waals surface area contributed by atoms with Gasteiger partial charge in [0.25, 0.3) is 0 Å². The average molecular weight is 141 g/mol. The van der Waals surface area contributed by atoms with Gasteiger partial charge in [0, 0.05) is 18.9 Å². The fourth-order valence-corrected chi connectivity index (χ4v) is 1.44. The molecule has 2 nitrogen and oxygen atoms in total. The molecular weight excluding hydrogens is 126 g/mol. The first kappa shape index (κ1) is 7.73. The summed E-state index contributed by atoms with van der Waals surface area (Å²) in [5.41, 5.74) is 0. The molecule has 1 unspecified atom stereocenters. The Hall–Kier alpha value is -0.370. The first-order chi connectivity index (χ1) is 4.83. The van der Waals surface area contributed by atoms with Crippen molar-refractivity contribution in [2.75, 3.05) is 7.05 Å². The van der Waals surface area contributed by atoms with E-state index in [4.69, 9.17) is 0 Å². The van der Waals surface area contributed by atoms with Gasteiger partial charge in [-0.25, -0.2) is 0 Å². The van der Waals surface area contributed by atoms with Crippen LogP contribution in [0.4, 0.5) is 0 Å². The molecular formula is C8H15NO. The lowest BCUT2D eigenvalue weighted by molar-refractivity contribution is -0.119. The Kier molecular flexibility index (Phi) is 2.87. The quantitative estimate of drug-likeness (QED) is 0.554. The minimum absolute atomic E-state index is 0.428. The number of hydrogen-bond acceptors (Lipinski definition) is 2. The molecule has 0 aromatic rings. The summed E-state index contributed by atoms with van der Waals surface area (Å²) >= 11 is 0. The van der Waals surface area contributed by atoms with Crippen LogP contribution in [0.1, 0.15) is 32.1 Å². The highest BCUT2D eigenvalue weighted by atomic mass is 16.1. The van der Waals surface area contributed by atoms with Crippen molar-refractivity contribution in [3.8, 4) is 0 Å². The maximum atomic E-state index is 11.0. The van der Waals surface area contributed by atoms with Crippen LogP contribution >= 0.6 is 0 Å². The minimum atomic E-state index is 0.428. The highest BCUT2D eigenvalue weighted by Gasteiger charge is 2.14. The maximum Gasteiger partial charge on any atom is 0.134 e. The molecule has 0 bridgehead atoms. The molecule has 1 fully saturated rings. The summed E-state index contributed by atoms with van der Waals surface area (Å²) in [5, 5.41) is 3.15. The van der Waals surface area contributed by atoms with Crippen LogP contribution in [0.5, 0.6) is 0 Å². The zero-order valence-electron chi connectivity index (χ0n) is 6.52. The lowest BCUT2D eigenvalue weighted by Crippen LogP contribution is -2.26. The third-order valence-electron chi connectivity index (χ3n) is 2.14. The van der Waals surface area contributed by atoms with Crippen molar-refractivity contribution < 1.29 is 4.79 Å².